The summed E-state index contributed by atoms with van der Waals surface area (Å²) in [4.78, 5) is 0. The number of aromatic nitrogens is 1. The first kappa shape index (κ1) is 12.3. The van der Waals surface area contributed by atoms with Crippen molar-refractivity contribution < 1.29 is 8.91 Å². The van der Waals surface area contributed by atoms with E-state index in [2.05, 4.69) is 21.1 Å². The molecule has 88 valence electrons. The van der Waals surface area contributed by atoms with Gasteiger partial charge in [-0.3, -0.25) is 0 Å². The molecule has 0 atom stereocenters. The number of benzene rings is 1. The monoisotopic (exact) mass is 315 g/mol. The Balaban J connectivity index is 2.30. The minimum Gasteiger partial charge on any atom is -0.361 e. The molecule has 1 aromatic heterocycles. The second kappa shape index (κ2) is 5.02. The van der Waals surface area contributed by atoms with Crippen molar-refractivity contribution in [3.63, 3.8) is 0 Å². The van der Waals surface area contributed by atoms with Gasteiger partial charge >= 0.3 is 0 Å². The molecule has 0 amide bonds. The molecule has 0 aliphatic rings. The maximum atomic E-state index is 13.1. The van der Waals surface area contributed by atoms with E-state index in [4.69, 9.17) is 16.1 Å². The van der Waals surface area contributed by atoms with Gasteiger partial charge in [0.1, 0.15) is 17.3 Å². The highest BCUT2D eigenvalue weighted by atomic mass is 79.9. The zero-order valence-electron chi connectivity index (χ0n) is 8.88. The summed E-state index contributed by atoms with van der Waals surface area (Å²) in [5.74, 6) is 0.348. The number of rotatable bonds is 2. The molecule has 0 aliphatic carbocycles. The Morgan fingerprint density at radius 3 is 2.76 bits per heavy atom. The molecule has 5 heteroatoms. The first-order valence-electron chi connectivity index (χ1n) is 4.82. The van der Waals surface area contributed by atoms with E-state index in [1.807, 2.05) is 6.92 Å². The number of nitrogens with zero attached hydrogens (tertiary/aromatic N) is 1. The summed E-state index contributed by atoms with van der Waals surface area (Å²) in [5, 5.41) is 4.16. The lowest BCUT2D eigenvalue weighted by Gasteiger charge is -2.00. The Bertz CT molecular complexity index is 580. The van der Waals surface area contributed by atoms with Gasteiger partial charge in [-0.05, 0) is 46.6 Å². The van der Waals surface area contributed by atoms with Crippen molar-refractivity contribution in [2.24, 2.45) is 0 Å². The van der Waals surface area contributed by atoms with Crippen LogP contribution < -0.4 is 0 Å². The van der Waals surface area contributed by atoms with Crippen LogP contribution in [0.25, 0.3) is 12.2 Å². The molecule has 0 saturated heterocycles. The third-order valence-corrected chi connectivity index (χ3v) is 3.05. The summed E-state index contributed by atoms with van der Waals surface area (Å²) in [5.41, 5.74) is 1.40. The van der Waals surface area contributed by atoms with Gasteiger partial charge in [-0.15, -0.1) is 0 Å². The molecule has 2 aromatic rings. The summed E-state index contributed by atoms with van der Waals surface area (Å²) in [6.07, 6.45) is 3.51. The first-order valence-corrected chi connectivity index (χ1v) is 5.99. The molecule has 0 fully saturated rings. The van der Waals surface area contributed by atoms with Crippen LogP contribution in [0.5, 0.6) is 0 Å². The minimum atomic E-state index is -0.385. The minimum absolute atomic E-state index is 0.349. The van der Waals surface area contributed by atoms with Crippen LogP contribution in [0, 0.1) is 12.7 Å². The first-order chi connectivity index (χ1) is 8.06. The van der Waals surface area contributed by atoms with Crippen molar-refractivity contribution in [3.8, 4) is 0 Å². The molecule has 1 aromatic carbocycles. The number of hydrogen-bond donors (Lipinski definition) is 0. The van der Waals surface area contributed by atoms with Gasteiger partial charge in [0.25, 0.3) is 0 Å². The lowest BCUT2D eigenvalue weighted by molar-refractivity contribution is 0.396. The van der Waals surface area contributed by atoms with Gasteiger partial charge in [-0.25, -0.2) is 4.39 Å². The highest BCUT2D eigenvalue weighted by Crippen LogP contribution is 2.26. The van der Waals surface area contributed by atoms with Gasteiger partial charge in [0, 0.05) is 6.07 Å². The number of hydrogen-bond acceptors (Lipinski definition) is 2. The van der Waals surface area contributed by atoms with E-state index in [1.165, 1.54) is 6.07 Å². The smallest absolute Gasteiger partial charge is 0.138 e. The van der Waals surface area contributed by atoms with Crippen molar-refractivity contribution in [2.45, 2.75) is 6.92 Å². The molecule has 0 saturated carbocycles. The average Bonchev–Trinajstić information content (AvgIpc) is 2.68. The molecule has 1 heterocycles. The normalized spacial score (nSPS) is 11.3. The molecule has 0 N–H and O–H groups in total. The standard InChI is InChI=1S/C12H8BrClFNO/c1-7-4-9(16-17-7)3-2-8-5-10(13)12(15)6-11(8)14/h2-6H,1H3. The third-order valence-electron chi connectivity index (χ3n) is 2.12. The second-order valence-electron chi connectivity index (χ2n) is 3.48. The molecular weight excluding hydrogens is 308 g/mol. The molecule has 0 unspecified atom stereocenters. The van der Waals surface area contributed by atoms with E-state index in [0.29, 0.717) is 20.8 Å². The Morgan fingerprint density at radius 2 is 2.12 bits per heavy atom. The van der Waals surface area contributed by atoms with E-state index in [9.17, 15) is 4.39 Å². The van der Waals surface area contributed by atoms with Crippen molar-refractivity contribution in [2.75, 3.05) is 0 Å². The van der Waals surface area contributed by atoms with Gasteiger partial charge in [-0.2, -0.15) is 0 Å². The second-order valence-corrected chi connectivity index (χ2v) is 4.75. The SMILES string of the molecule is Cc1cc(C=Cc2cc(Br)c(F)cc2Cl)no1. The van der Waals surface area contributed by atoms with Crippen molar-refractivity contribution in [3.05, 3.63) is 50.5 Å². The van der Waals surface area contributed by atoms with Crippen LogP contribution in [-0.4, -0.2) is 5.16 Å². The summed E-state index contributed by atoms with van der Waals surface area (Å²) in [7, 11) is 0. The third kappa shape index (κ3) is 2.96. The highest BCUT2D eigenvalue weighted by Gasteiger charge is 2.04. The van der Waals surface area contributed by atoms with Crippen molar-refractivity contribution in [1.29, 1.82) is 0 Å². The van der Waals surface area contributed by atoms with E-state index >= 15 is 0 Å². The molecule has 0 aliphatic heterocycles. The Morgan fingerprint density at radius 1 is 1.35 bits per heavy atom. The van der Waals surface area contributed by atoms with Crippen LogP contribution in [0.1, 0.15) is 17.0 Å². The zero-order chi connectivity index (χ0) is 12.4. The Labute approximate surface area is 111 Å². The largest absolute Gasteiger partial charge is 0.361 e. The molecule has 2 rings (SSSR count). The maximum absolute atomic E-state index is 13.1. The van der Waals surface area contributed by atoms with E-state index < -0.39 is 0 Å². The average molecular weight is 317 g/mol. The van der Waals surface area contributed by atoms with Crippen molar-refractivity contribution in [1.82, 2.24) is 5.16 Å². The van der Waals surface area contributed by atoms with Gasteiger partial charge in [0.15, 0.2) is 0 Å². The fraction of sp³-hybridized carbons (Fsp3) is 0.0833. The van der Waals surface area contributed by atoms with E-state index in [1.54, 1.807) is 24.3 Å². The molecule has 2 nitrogen and oxygen atoms in total. The van der Waals surface area contributed by atoms with Gasteiger partial charge in [-0.1, -0.05) is 22.8 Å². The molecule has 0 spiro atoms. The number of halogens is 3. The quantitative estimate of drug-likeness (QED) is 0.750. The fourth-order valence-electron chi connectivity index (χ4n) is 1.31. The van der Waals surface area contributed by atoms with Crippen LogP contribution in [0.4, 0.5) is 4.39 Å². The van der Waals surface area contributed by atoms with Crippen molar-refractivity contribution >= 4 is 39.7 Å². The highest BCUT2D eigenvalue weighted by molar-refractivity contribution is 9.10. The summed E-state index contributed by atoms with van der Waals surface area (Å²) < 4.78 is 18.4. The van der Waals surface area contributed by atoms with Crippen LogP contribution in [-0.2, 0) is 0 Å². The summed E-state index contributed by atoms with van der Waals surface area (Å²) >= 11 is 9.03. The lowest BCUT2D eigenvalue weighted by atomic mass is 10.2. The predicted octanol–water partition coefficient (Wildman–Crippen LogP) is 4.71. The van der Waals surface area contributed by atoms with Gasteiger partial charge < -0.3 is 4.52 Å². The summed E-state index contributed by atoms with van der Waals surface area (Å²) in [6, 6.07) is 4.67. The van der Waals surface area contributed by atoms with E-state index in [-0.39, 0.29) is 5.82 Å². The maximum Gasteiger partial charge on any atom is 0.138 e. The Kier molecular flexibility index (Phi) is 3.64. The lowest BCUT2D eigenvalue weighted by Crippen LogP contribution is -1.81. The van der Waals surface area contributed by atoms with E-state index in [0.717, 1.165) is 5.76 Å². The van der Waals surface area contributed by atoms with Gasteiger partial charge in [0.05, 0.1) is 9.50 Å². The number of aryl methyl sites for hydroxylation is 1. The molecule has 0 radical (unpaired) electrons. The Hall–Kier alpha value is -1.13. The molecular formula is C12H8BrClFNO. The summed E-state index contributed by atoms with van der Waals surface area (Å²) in [6.45, 7) is 1.81. The zero-order valence-corrected chi connectivity index (χ0v) is 11.2. The predicted molar refractivity (Wildman–Crippen MR) is 69.3 cm³/mol. The fourth-order valence-corrected chi connectivity index (χ4v) is 1.88. The van der Waals surface area contributed by atoms with Crippen LogP contribution in [0.2, 0.25) is 5.02 Å². The van der Waals surface area contributed by atoms with Crippen LogP contribution in [0.3, 0.4) is 0 Å². The topological polar surface area (TPSA) is 26.0 Å². The molecule has 17 heavy (non-hydrogen) atoms. The van der Waals surface area contributed by atoms with Crippen LogP contribution in [0.15, 0.2) is 27.2 Å². The molecule has 0 bridgehead atoms. The van der Waals surface area contributed by atoms with Crippen LogP contribution >= 0.6 is 27.5 Å². The van der Waals surface area contributed by atoms with Gasteiger partial charge in [0.2, 0.25) is 0 Å².